The number of benzene rings is 3. The highest BCUT2D eigenvalue weighted by Gasteiger charge is 2.22. The molecule has 0 saturated carbocycles. The molecule has 4 aromatic rings. The second-order valence-corrected chi connectivity index (χ2v) is 8.39. The van der Waals surface area contributed by atoms with E-state index in [1.165, 1.54) is 5.56 Å². The van der Waals surface area contributed by atoms with Crippen molar-refractivity contribution in [3.63, 3.8) is 0 Å². The topological polar surface area (TPSA) is 49.3 Å². The number of nitriles is 1. The van der Waals surface area contributed by atoms with Crippen molar-refractivity contribution in [3.8, 4) is 28.5 Å². The summed E-state index contributed by atoms with van der Waals surface area (Å²) in [5, 5.41) is 9.98. The highest BCUT2D eigenvalue weighted by Crippen LogP contribution is 2.42. The van der Waals surface area contributed by atoms with Crippen molar-refractivity contribution in [2.75, 3.05) is 0 Å². The normalized spacial score (nSPS) is 11.0. The Labute approximate surface area is 189 Å². The molecule has 3 nitrogen and oxygen atoms in total. The standard InChI is InChI=1S/C26H19IN2O/c1-17-6-10-20(11-7-17)24-23(15-28)26(29-16-19-4-3-5-22(27)14-19)30-25(24)21-12-8-18(2)9-13-21/h3-14,16H,1-2H3. The van der Waals surface area contributed by atoms with Gasteiger partial charge in [-0.1, -0.05) is 71.8 Å². The Balaban J connectivity index is 1.89. The van der Waals surface area contributed by atoms with Crippen molar-refractivity contribution in [3.05, 3.63) is 98.6 Å². The highest BCUT2D eigenvalue weighted by molar-refractivity contribution is 14.1. The lowest BCUT2D eigenvalue weighted by atomic mass is 9.97. The zero-order valence-corrected chi connectivity index (χ0v) is 18.8. The van der Waals surface area contributed by atoms with Gasteiger partial charge in [0, 0.05) is 20.9 Å². The van der Waals surface area contributed by atoms with Crippen LogP contribution < -0.4 is 0 Å². The van der Waals surface area contributed by atoms with Crippen molar-refractivity contribution in [1.82, 2.24) is 0 Å². The van der Waals surface area contributed by atoms with Crippen LogP contribution >= 0.6 is 22.6 Å². The zero-order chi connectivity index (χ0) is 21.1. The van der Waals surface area contributed by atoms with E-state index in [4.69, 9.17) is 4.42 Å². The number of hydrogen-bond donors (Lipinski definition) is 0. The van der Waals surface area contributed by atoms with E-state index in [-0.39, 0.29) is 0 Å². The van der Waals surface area contributed by atoms with Crippen LogP contribution in [-0.2, 0) is 0 Å². The van der Waals surface area contributed by atoms with Crippen LogP contribution in [0.5, 0.6) is 0 Å². The first-order valence-corrected chi connectivity index (χ1v) is 10.6. The second kappa shape index (κ2) is 8.68. The van der Waals surface area contributed by atoms with Crippen molar-refractivity contribution in [1.29, 1.82) is 5.26 Å². The molecule has 0 saturated heterocycles. The molecule has 1 heterocycles. The molecular weight excluding hydrogens is 483 g/mol. The van der Waals surface area contributed by atoms with Crippen LogP contribution in [-0.4, -0.2) is 6.21 Å². The SMILES string of the molecule is Cc1ccc(-c2oc(N=Cc3cccc(I)c3)c(C#N)c2-c2ccc(C)cc2)cc1. The fourth-order valence-corrected chi connectivity index (χ4v) is 3.80. The molecule has 1 aromatic heterocycles. The molecule has 4 rings (SSSR count). The number of aryl methyl sites for hydroxylation is 2. The van der Waals surface area contributed by atoms with E-state index in [1.54, 1.807) is 6.21 Å². The van der Waals surface area contributed by atoms with E-state index in [0.717, 1.165) is 31.4 Å². The summed E-state index contributed by atoms with van der Waals surface area (Å²) in [4.78, 5) is 4.54. The van der Waals surface area contributed by atoms with Crippen LogP contribution in [0.2, 0.25) is 0 Å². The summed E-state index contributed by atoms with van der Waals surface area (Å²) < 4.78 is 7.30. The molecule has 3 aromatic carbocycles. The maximum absolute atomic E-state index is 9.98. The lowest BCUT2D eigenvalue weighted by Gasteiger charge is -2.05. The molecule has 0 unspecified atom stereocenters. The minimum absolute atomic E-state index is 0.322. The van der Waals surface area contributed by atoms with E-state index in [2.05, 4.69) is 33.7 Å². The van der Waals surface area contributed by atoms with Crippen LogP contribution in [0.25, 0.3) is 22.5 Å². The number of halogens is 1. The Kier molecular flexibility index (Phi) is 5.82. The summed E-state index contributed by atoms with van der Waals surface area (Å²) in [5.74, 6) is 0.979. The zero-order valence-electron chi connectivity index (χ0n) is 16.7. The van der Waals surface area contributed by atoms with Gasteiger partial charge in [-0.2, -0.15) is 5.26 Å². The molecule has 0 fully saturated rings. The summed E-state index contributed by atoms with van der Waals surface area (Å²) in [6, 6.07) is 26.5. The lowest BCUT2D eigenvalue weighted by Crippen LogP contribution is -1.85. The molecule has 146 valence electrons. The fourth-order valence-electron chi connectivity index (χ4n) is 3.24. The first kappa shape index (κ1) is 20.1. The number of furan rings is 1. The third kappa shape index (κ3) is 4.22. The van der Waals surface area contributed by atoms with Crippen LogP contribution in [0.4, 0.5) is 5.88 Å². The molecule has 0 bridgehead atoms. The van der Waals surface area contributed by atoms with E-state index in [1.807, 2.05) is 86.6 Å². The van der Waals surface area contributed by atoms with Crippen LogP contribution in [0.1, 0.15) is 22.3 Å². The Morgan fingerprint density at radius 3 is 2.13 bits per heavy atom. The van der Waals surface area contributed by atoms with Gasteiger partial charge >= 0.3 is 0 Å². The van der Waals surface area contributed by atoms with Crippen molar-refractivity contribution < 1.29 is 4.42 Å². The molecule has 0 aliphatic rings. The molecule has 0 radical (unpaired) electrons. The molecule has 0 atom stereocenters. The summed E-state index contributed by atoms with van der Waals surface area (Å²) >= 11 is 2.27. The molecule has 30 heavy (non-hydrogen) atoms. The molecular formula is C26H19IN2O. The first-order chi connectivity index (χ1) is 14.5. The highest BCUT2D eigenvalue weighted by atomic mass is 127. The smallest absolute Gasteiger partial charge is 0.238 e. The summed E-state index contributed by atoms with van der Waals surface area (Å²) in [6.45, 7) is 4.09. The molecule has 0 N–H and O–H groups in total. The monoisotopic (exact) mass is 502 g/mol. The predicted molar refractivity (Wildman–Crippen MR) is 130 cm³/mol. The van der Waals surface area contributed by atoms with Gasteiger partial charge in [0.15, 0.2) is 0 Å². The molecule has 0 spiro atoms. The lowest BCUT2D eigenvalue weighted by molar-refractivity contribution is 0.593. The molecule has 0 aliphatic heterocycles. The van der Waals surface area contributed by atoms with Crippen LogP contribution in [0.3, 0.4) is 0 Å². The van der Waals surface area contributed by atoms with Gasteiger partial charge in [0.2, 0.25) is 5.88 Å². The van der Waals surface area contributed by atoms with Crippen molar-refractivity contribution >= 4 is 34.7 Å². The van der Waals surface area contributed by atoms with Gasteiger partial charge in [0.05, 0.1) is 0 Å². The van der Waals surface area contributed by atoms with Gasteiger partial charge in [-0.25, -0.2) is 4.99 Å². The van der Waals surface area contributed by atoms with Gasteiger partial charge in [0.25, 0.3) is 0 Å². The fraction of sp³-hybridized carbons (Fsp3) is 0.0769. The van der Waals surface area contributed by atoms with Crippen molar-refractivity contribution in [2.24, 2.45) is 4.99 Å². The Morgan fingerprint density at radius 1 is 0.900 bits per heavy atom. The third-order valence-electron chi connectivity index (χ3n) is 4.84. The Hall–Kier alpha value is -3.17. The van der Waals surface area contributed by atoms with E-state index < -0.39 is 0 Å². The third-order valence-corrected chi connectivity index (χ3v) is 5.51. The summed E-state index contributed by atoms with van der Waals surface area (Å²) in [5.41, 5.74) is 6.35. The number of rotatable bonds is 4. The van der Waals surface area contributed by atoms with Crippen molar-refractivity contribution in [2.45, 2.75) is 13.8 Å². The van der Waals surface area contributed by atoms with Gasteiger partial charge in [0.1, 0.15) is 17.4 Å². The maximum atomic E-state index is 9.98. The minimum Gasteiger partial charge on any atom is -0.436 e. The average molecular weight is 502 g/mol. The quantitative estimate of drug-likeness (QED) is 0.215. The maximum Gasteiger partial charge on any atom is 0.238 e. The average Bonchev–Trinajstić information content (AvgIpc) is 3.12. The van der Waals surface area contributed by atoms with Gasteiger partial charge in [-0.15, -0.1) is 0 Å². The summed E-state index contributed by atoms with van der Waals surface area (Å²) in [7, 11) is 0. The van der Waals surface area contributed by atoms with Gasteiger partial charge in [-0.05, 0) is 59.7 Å². The number of nitrogens with zero attached hydrogens (tertiary/aromatic N) is 2. The van der Waals surface area contributed by atoms with Crippen LogP contribution in [0, 0.1) is 28.7 Å². The van der Waals surface area contributed by atoms with E-state index in [0.29, 0.717) is 17.2 Å². The summed E-state index contributed by atoms with van der Waals surface area (Å²) in [6.07, 6.45) is 1.74. The largest absolute Gasteiger partial charge is 0.436 e. The molecule has 0 amide bonds. The predicted octanol–water partition coefficient (Wildman–Crippen LogP) is 7.46. The van der Waals surface area contributed by atoms with E-state index in [9.17, 15) is 5.26 Å². The second-order valence-electron chi connectivity index (χ2n) is 7.14. The molecule has 4 heteroatoms. The first-order valence-electron chi connectivity index (χ1n) is 9.56. The van der Waals surface area contributed by atoms with Crippen LogP contribution in [0.15, 0.2) is 82.2 Å². The van der Waals surface area contributed by atoms with Gasteiger partial charge in [-0.3, -0.25) is 0 Å². The number of aliphatic imine (C=N–C) groups is 1. The van der Waals surface area contributed by atoms with E-state index >= 15 is 0 Å². The number of hydrogen-bond acceptors (Lipinski definition) is 3. The Morgan fingerprint density at radius 2 is 1.53 bits per heavy atom. The molecule has 0 aliphatic carbocycles. The Bertz CT molecular complexity index is 1260. The minimum atomic E-state index is 0.322. The van der Waals surface area contributed by atoms with Gasteiger partial charge < -0.3 is 4.42 Å².